The lowest BCUT2D eigenvalue weighted by Gasteiger charge is -2.23. The second kappa shape index (κ2) is 9.09. The Morgan fingerprint density at radius 2 is 1.77 bits per heavy atom. The van der Waals surface area contributed by atoms with Crippen molar-refractivity contribution in [3.63, 3.8) is 0 Å². The highest BCUT2D eigenvalue weighted by Gasteiger charge is 2.48. The monoisotopic (exact) mass is 522 g/mol. The van der Waals surface area contributed by atoms with Crippen LogP contribution in [0.15, 0.2) is 16.9 Å². The van der Waals surface area contributed by atoms with Crippen LogP contribution in [-0.2, 0) is 23.9 Å². The molecule has 12 heteroatoms. The minimum absolute atomic E-state index is 0.198. The van der Waals surface area contributed by atoms with Gasteiger partial charge in [-0.3, -0.25) is 19.0 Å². The number of rotatable bonds is 7. The Labute approximate surface area is 189 Å². The SMILES string of the molecule is CC(=O)OC[C@H]1O[C@H](n2c(Br)nc3cc(Cl)c(Cl)cc32)[C@@H](CC(=O)O)[C@@H]1CC(=O)O. The highest BCUT2D eigenvalue weighted by molar-refractivity contribution is 9.10. The number of carboxylic acids is 2. The van der Waals surface area contributed by atoms with Gasteiger partial charge in [0.1, 0.15) is 12.8 Å². The fraction of sp³-hybridized carbons (Fsp3) is 0.444. The summed E-state index contributed by atoms with van der Waals surface area (Å²) in [6, 6.07) is 3.14. The number of nitrogens with zero attached hydrogens (tertiary/aromatic N) is 2. The minimum atomic E-state index is -1.11. The number of carboxylic acid groups (broad SMARTS) is 2. The normalized spacial score (nSPS) is 23.6. The molecule has 3 rings (SSSR count). The molecule has 0 aliphatic carbocycles. The maximum atomic E-state index is 11.6. The van der Waals surface area contributed by atoms with Crippen LogP contribution in [0.5, 0.6) is 0 Å². The number of hydrogen-bond donors (Lipinski definition) is 2. The Morgan fingerprint density at radius 3 is 2.37 bits per heavy atom. The molecule has 0 bridgehead atoms. The third-order valence-electron chi connectivity index (χ3n) is 4.92. The van der Waals surface area contributed by atoms with Gasteiger partial charge in [-0.15, -0.1) is 0 Å². The van der Waals surface area contributed by atoms with E-state index in [1.165, 1.54) is 6.92 Å². The van der Waals surface area contributed by atoms with E-state index in [0.29, 0.717) is 20.8 Å². The van der Waals surface area contributed by atoms with Gasteiger partial charge in [-0.2, -0.15) is 0 Å². The molecule has 1 aromatic heterocycles. The van der Waals surface area contributed by atoms with Gasteiger partial charge in [-0.25, -0.2) is 4.98 Å². The zero-order valence-corrected chi connectivity index (χ0v) is 18.6. The lowest BCUT2D eigenvalue weighted by molar-refractivity contribution is -0.147. The molecule has 1 saturated heterocycles. The molecule has 0 amide bonds. The molecule has 2 heterocycles. The molecule has 0 saturated carbocycles. The van der Waals surface area contributed by atoms with Gasteiger partial charge in [0.15, 0.2) is 4.73 Å². The fourth-order valence-electron chi connectivity index (χ4n) is 3.72. The van der Waals surface area contributed by atoms with E-state index in [9.17, 15) is 24.6 Å². The smallest absolute Gasteiger partial charge is 0.303 e. The Hall–Kier alpha value is -1.88. The summed E-state index contributed by atoms with van der Waals surface area (Å²) in [5.41, 5.74) is 1.02. The number of esters is 1. The van der Waals surface area contributed by atoms with Crippen LogP contribution in [0.3, 0.4) is 0 Å². The molecule has 0 radical (unpaired) electrons. The van der Waals surface area contributed by atoms with E-state index in [1.807, 2.05) is 0 Å². The number of hydrogen-bond acceptors (Lipinski definition) is 6. The van der Waals surface area contributed by atoms with Gasteiger partial charge >= 0.3 is 17.9 Å². The number of carbonyl (C=O) groups is 3. The first-order valence-corrected chi connectivity index (χ1v) is 10.4. The van der Waals surface area contributed by atoms with E-state index < -0.39 is 42.1 Å². The molecule has 30 heavy (non-hydrogen) atoms. The summed E-state index contributed by atoms with van der Waals surface area (Å²) in [5.74, 6) is -4.23. The number of benzene rings is 1. The number of aromatic nitrogens is 2. The molecule has 4 atom stereocenters. The first-order valence-electron chi connectivity index (χ1n) is 8.83. The van der Waals surface area contributed by atoms with E-state index in [0.717, 1.165) is 0 Å². The van der Waals surface area contributed by atoms with Crippen molar-refractivity contribution in [2.24, 2.45) is 11.8 Å². The predicted octanol–water partition coefficient (Wildman–Crippen LogP) is 3.75. The van der Waals surface area contributed by atoms with Crippen molar-refractivity contribution >= 4 is 68.1 Å². The van der Waals surface area contributed by atoms with Crippen LogP contribution in [-0.4, -0.2) is 50.4 Å². The summed E-state index contributed by atoms with van der Waals surface area (Å²) in [6.07, 6.45) is -2.40. The number of fused-ring (bicyclic) bond motifs is 1. The number of carbonyl (C=O) groups excluding carboxylic acids is 1. The molecule has 1 fully saturated rings. The standard InChI is InChI=1S/C18H17BrCl2N2O7/c1-7(24)29-6-14-8(2-15(25)26)9(3-16(27)28)17(30-14)23-13-5-11(21)10(20)4-12(13)22-18(23)19/h4-5,8-9,14,17H,2-3,6H2,1H3,(H,25,26)(H,27,28)/t8-,9-,14+,17-/m0/s1. The maximum Gasteiger partial charge on any atom is 0.303 e. The van der Waals surface area contributed by atoms with Crippen LogP contribution >= 0.6 is 39.1 Å². The molecule has 0 unspecified atom stereocenters. The summed E-state index contributed by atoms with van der Waals surface area (Å²) < 4.78 is 13.0. The summed E-state index contributed by atoms with van der Waals surface area (Å²) in [5, 5.41) is 19.4. The zero-order chi connectivity index (χ0) is 22.2. The highest BCUT2D eigenvalue weighted by Crippen LogP contribution is 2.46. The summed E-state index contributed by atoms with van der Waals surface area (Å²) >= 11 is 15.6. The third kappa shape index (κ3) is 4.72. The van der Waals surface area contributed by atoms with E-state index in [1.54, 1.807) is 16.7 Å². The van der Waals surface area contributed by atoms with Gasteiger partial charge in [0.2, 0.25) is 0 Å². The van der Waals surface area contributed by atoms with Crippen LogP contribution < -0.4 is 0 Å². The number of ether oxygens (including phenoxy) is 2. The predicted molar refractivity (Wildman–Crippen MR) is 109 cm³/mol. The first kappa shape index (κ1) is 22.8. The summed E-state index contributed by atoms with van der Waals surface area (Å²) in [7, 11) is 0. The quantitative estimate of drug-likeness (QED) is 0.525. The van der Waals surface area contributed by atoms with Crippen molar-refractivity contribution < 1.29 is 34.1 Å². The van der Waals surface area contributed by atoms with Gasteiger partial charge < -0.3 is 19.7 Å². The van der Waals surface area contributed by atoms with Crippen LogP contribution in [0.4, 0.5) is 0 Å². The Kier molecular flexibility index (Phi) is 6.91. The molecule has 2 aromatic rings. The van der Waals surface area contributed by atoms with Crippen molar-refractivity contribution in [3.8, 4) is 0 Å². The molecule has 0 spiro atoms. The van der Waals surface area contributed by atoms with E-state index in [4.69, 9.17) is 32.7 Å². The lowest BCUT2D eigenvalue weighted by atomic mass is 9.84. The van der Waals surface area contributed by atoms with Gasteiger partial charge in [0, 0.05) is 18.8 Å². The number of imidazole rings is 1. The van der Waals surface area contributed by atoms with Crippen molar-refractivity contribution in [1.82, 2.24) is 9.55 Å². The largest absolute Gasteiger partial charge is 0.481 e. The Morgan fingerprint density at radius 1 is 1.17 bits per heavy atom. The highest BCUT2D eigenvalue weighted by atomic mass is 79.9. The van der Waals surface area contributed by atoms with Crippen molar-refractivity contribution in [3.05, 3.63) is 26.9 Å². The van der Waals surface area contributed by atoms with Gasteiger partial charge in [0.25, 0.3) is 0 Å². The van der Waals surface area contributed by atoms with E-state index >= 15 is 0 Å². The molecule has 1 aromatic carbocycles. The average molecular weight is 524 g/mol. The molecule has 1 aliphatic heterocycles. The van der Waals surface area contributed by atoms with Crippen molar-refractivity contribution in [1.29, 1.82) is 0 Å². The van der Waals surface area contributed by atoms with Crippen molar-refractivity contribution in [2.45, 2.75) is 32.1 Å². The van der Waals surface area contributed by atoms with Gasteiger partial charge in [-0.1, -0.05) is 23.2 Å². The molecule has 1 aliphatic rings. The van der Waals surface area contributed by atoms with E-state index in [-0.39, 0.29) is 24.5 Å². The molecule has 2 N–H and O–H groups in total. The average Bonchev–Trinajstić information content (AvgIpc) is 3.10. The Balaban J connectivity index is 2.09. The fourth-order valence-corrected chi connectivity index (χ4v) is 4.62. The van der Waals surface area contributed by atoms with Crippen LogP contribution in [0, 0.1) is 11.8 Å². The topological polar surface area (TPSA) is 128 Å². The van der Waals surface area contributed by atoms with Crippen LogP contribution in [0.1, 0.15) is 26.0 Å². The maximum absolute atomic E-state index is 11.6. The van der Waals surface area contributed by atoms with Crippen LogP contribution in [0.25, 0.3) is 11.0 Å². The lowest BCUT2D eigenvalue weighted by Crippen LogP contribution is -2.29. The second-order valence-corrected chi connectivity index (χ2v) is 8.42. The number of aliphatic carboxylic acids is 2. The van der Waals surface area contributed by atoms with Gasteiger partial charge in [-0.05, 0) is 28.1 Å². The minimum Gasteiger partial charge on any atom is -0.481 e. The molecule has 162 valence electrons. The molecular weight excluding hydrogens is 507 g/mol. The molecular formula is C18H17BrCl2N2O7. The summed E-state index contributed by atoms with van der Waals surface area (Å²) in [4.78, 5) is 38.6. The zero-order valence-electron chi connectivity index (χ0n) is 15.5. The summed E-state index contributed by atoms with van der Waals surface area (Å²) in [6.45, 7) is 1.02. The van der Waals surface area contributed by atoms with Gasteiger partial charge in [0.05, 0.1) is 40.0 Å². The second-order valence-electron chi connectivity index (χ2n) is 6.90. The Bertz CT molecular complexity index is 1010. The third-order valence-corrected chi connectivity index (χ3v) is 6.20. The van der Waals surface area contributed by atoms with E-state index in [2.05, 4.69) is 20.9 Å². The molecule has 9 nitrogen and oxygen atoms in total. The first-order chi connectivity index (χ1) is 14.1. The van der Waals surface area contributed by atoms with Crippen LogP contribution in [0.2, 0.25) is 10.0 Å². The van der Waals surface area contributed by atoms with Crippen molar-refractivity contribution in [2.75, 3.05) is 6.61 Å². The number of halogens is 3.